The standard InChI is InChI=1S/C18H16N4OS/c19-16-6-2-1-4-13(16)12-24-18-15(5-3-9-21-18)17(23)22-14-7-10-20-11-8-14/h1-11H,12,19H2,(H,20,22,23). The van der Waals surface area contributed by atoms with Crippen LogP contribution in [0.1, 0.15) is 15.9 Å². The fourth-order valence-corrected chi connectivity index (χ4v) is 3.13. The van der Waals surface area contributed by atoms with Crippen molar-refractivity contribution in [2.24, 2.45) is 0 Å². The lowest BCUT2D eigenvalue weighted by Gasteiger charge is -2.10. The van der Waals surface area contributed by atoms with Crippen LogP contribution in [-0.2, 0) is 5.75 Å². The predicted molar refractivity (Wildman–Crippen MR) is 96.8 cm³/mol. The summed E-state index contributed by atoms with van der Waals surface area (Å²) in [5.41, 5.74) is 8.96. The Morgan fingerprint density at radius 2 is 1.83 bits per heavy atom. The Kier molecular flexibility index (Phi) is 5.08. The van der Waals surface area contributed by atoms with Gasteiger partial charge in [0.05, 0.1) is 5.56 Å². The van der Waals surface area contributed by atoms with Crippen molar-refractivity contribution >= 4 is 29.0 Å². The quantitative estimate of drug-likeness (QED) is 0.549. The average Bonchev–Trinajstić information content (AvgIpc) is 2.62. The maximum absolute atomic E-state index is 12.5. The lowest BCUT2D eigenvalue weighted by Crippen LogP contribution is -2.13. The molecule has 1 aromatic carbocycles. The summed E-state index contributed by atoms with van der Waals surface area (Å²) in [7, 11) is 0. The summed E-state index contributed by atoms with van der Waals surface area (Å²) in [4.78, 5) is 20.8. The first-order valence-corrected chi connectivity index (χ1v) is 8.35. The molecule has 3 rings (SSSR count). The number of nitrogens with two attached hydrogens (primary N) is 1. The van der Waals surface area contributed by atoms with Crippen molar-refractivity contribution in [1.82, 2.24) is 9.97 Å². The third kappa shape index (κ3) is 3.91. The van der Waals surface area contributed by atoms with Crippen LogP contribution in [-0.4, -0.2) is 15.9 Å². The minimum atomic E-state index is -0.196. The molecule has 6 heteroatoms. The van der Waals surface area contributed by atoms with E-state index in [0.717, 1.165) is 11.3 Å². The number of hydrogen-bond donors (Lipinski definition) is 2. The molecule has 0 aliphatic heterocycles. The molecule has 0 radical (unpaired) electrons. The first kappa shape index (κ1) is 16.0. The van der Waals surface area contributed by atoms with Gasteiger partial charge in [0.15, 0.2) is 0 Å². The van der Waals surface area contributed by atoms with Crippen molar-refractivity contribution in [3.05, 3.63) is 78.2 Å². The molecule has 0 atom stereocenters. The second-order valence-electron chi connectivity index (χ2n) is 5.03. The Morgan fingerprint density at radius 3 is 2.62 bits per heavy atom. The highest BCUT2D eigenvalue weighted by molar-refractivity contribution is 7.98. The van der Waals surface area contributed by atoms with Crippen molar-refractivity contribution in [2.45, 2.75) is 10.8 Å². The molecule has 2 aromatic heterocycles. The van der Waals surface area contributed by atoms with Gasteiger partial charge in [-0.3, -0.25) is 9.78 Å². The average molecular weight is 336 g/mol. The normalized spacial score (nSPS) is 10.3. The van der Waals surface area contributed by atoms with E-state index in [2.05, 4.69) is 15.3 Å². The maximum atomic E-state index is 12.5. The van der Waals surface area contributed by atoms with Crippen LogP contribution in [0.3, 0.4) is 0 Å². The lowest BCUT2D eigenvalue weighted by molar-refractivity contribution is 0.102. The van der Waals surface area contributed by atoms with Crippen LogP contribution in [0, 0.1) is 0 Å². The molecular formula is C18H16N4OS. The summed E-state index contributed by atoms with van der Waals surface area (Å²) >= 11 is 1.49. The minimum Gasteiger partial charge on any atom is -0.398 e. The van der Waals surface area contributed by atoms with Crippen molar-refractivity contribution in [3.8, 4) is 0 Å². The summed E-state index contributed by atoms with van der Waals surface area (Å²) in [6.07, 6.45) is 4.94. The molecule has 0 fully saturated rings. The minimum absolute atomic E-state index is 0.196. The van der Waals surface area contributed by atoms with Crippen LogP contribution in [0.5, 0.6) is 0 Å². The van der Waals surface area contributed by atoms with E-state index in [0.29, 0.717) is 22.0 Å². The summed E-state index contributed by atoms with van der Waals surface area (Å²) < 4.78 is 0. The number of nitrogens with zero attached hydrogens (tertiary/aromatic N) is 2. The molecule has 0 saturated heterocycles. The molecule has 2 heterocycles. The van der Waals surface area contributed by atoms with Gasteiger partial charge in [-0.1, -0.05) is 18.2 Å². The highest BCUT2D eigenvalue weighted by Gasteiger charge is 2.13. The number of aromatic nitrogens is 2. The Hall–Kier alpha value is -2.86. The van der Waals surface area contributed by atoms with Gasteiger partial charge in [0, 0.05) is 35.7 Å². The van der Waals surface area contributed by atoms with Crippen molar-refractivity contribution in [3.63, 3.8) is 0 Å². The van der Waals surface area contributed by atoms with Gasteiger partial charge in [-0.05, 0) is 35.9 Å². The first-order chi connectivity index (χ1) is 11.7. The van der Waals surface area contributed by atoms with E-state index in [-0.39, 0.29) is 5.91 Å². The van der Waals surface area contributed by atoms with E-state index in [1.165, 1.54) is 11.8 Å². The SMILES string of the molecule is Nc1ccccc1CSc1ncccc1C(=O)Nc1ccncc1. The highest BCUT2D eigenvalue weighted by atomic mass is 32.2. The zero-order chi connectivity index (χ0) is 16.8. The van der Waals surface area contributed by atoms with E-state index >= 15 is 0 Å². The fourth-order valence-electron chi connectivity index (χ4n) is 2.12. The highest BCUT2D eigenvalue weighted by Crippen LogP contribution is 2.27. The number of thioether (sulfide) groups is 1. The predicted octanol–water partition coefficient (Wildman–Crippen LogP) is 3.60. The second-order valence-corrected chi connectivity index (χ2v) is 6.00. The summed E-state index contributed by atoms with van der Waals surface area (Å²) in [6, 6.07) is 14.7. The fraction of sp³-hybridized carbons (Fsp3) is 0.0556. The van der Waals surface area contributed by atoms with Gasteiger partial charge in [-0.15, -0.1) is 11.8 Å². The number of hydrogen-bond acceptors (Lipinski definition) is 5. The first-order valence-electron chi connectivity index (χ1n) is 7.36. The summed E-state index contributed by atoms with van der Waals surface area (Å²) in [6.45, 7) is 0. The van der Waals surface area contributed by atoms with Gasteiger partial charge in [0.25, 0.3) is 5.91 Å². The maximum Gasteiger partial charge on any atom is 0.258 e. The molecule has 3 aromatic rings. The van der Waals surface area contributed by atoms with Crippen molar-refractivity contribution in [1.29, 1.82) is 0 Å². The van der Waals surface area contributed by atoms with Crippen LogP contribution in [0.2, 0.25) is 0 Å². The molecule has 120 valence electrons. The van der Waals surface area contributed by atoms with Gasteiger partial charge in [0.2, 0.25) is 0 Å². The Balaban J connectivity index is 1.75. The molecule has 24 heavy (non-hydrogen) atoms. The van der Waals surface area contributed by atoms with E-state index in [1.54, 1.807) is 42.9 Å². The number of carbonyl (C=O) groups is 1. The van der Waals surface area contributed by atoms with E-state index in [4.69, 9.17) is 5.73 Å². The topological polar surface area (TPSA) is 80.9 Å². The molecule has 0 aliphatic rings. The molecule has 0 saturated carbocycles. The second kappa shape index (κ2) is 7.61. The number of nitrogens with one attached hydrogen (secondary N) is 1. The Morgan fingerprint density at radius 1 is 1.04 bits per heavy atom. The van der Waals surface area contributed by atoms with Crippen molar-refractivity contribution < 1.29 is 4.79 Å². The van der Waals surface area contributed by atoms with E-state index in [1.807, 2.05) is 24.3 Å². The molecule has 1 amide bonds. The summed E-state index contributed by atoms with van der Waals surface area (Å²) in [5, 5.41) is 3.52. The molecule has 0 bridgehead atoms. The van der Waals surface area contributed by atoms with E-state index < -0.39 is 0 Å². The molecule has 3 N–H and O–H groups in total. The number of para-hydroxylation sites is 1. The molecule has 0 unspecified atom stereocenters. The lowest BCUT2D eigenvalue weighted by atomic mass is 10.2. The number of nitrogen functional groups attached to an aromatic ring is 1. The third-order valence-electron chi connectivity index (χ3n) is 3.37. The van der Waals surface area contributed by atoms with E-state index in [9.17, 15) is 4.79 Å². The van der Waals surface area contributed by atoms with Crippen LogP contribution in [0.25, 0.3) is 0 Å². The molecule has 5 nitrogen and oxygen atoms in total. The molecule has 0 aliphatic carbocycles. The molecular weight excluding hydrogens is 320 g/mol. The number of pyridine rings is 2. The Labute approximate surface area is 144 Å². The van der Waals surface area contributed by atoms with Crippen molar-refractivity contribution in [2.75, 3.05) is 11.1 Å². The molecule has 0 spiro atoms. The number of rotatable bonds is 5. The van der Waals surface area contributed by atoms with Gasteiger partial charge in [-0.25, -0.2) is 4.98 Å². The third-order valence-corrected chi connectivity index (χ3v) is 4.43. The van der Waals surface area contributed by atoms with Crippen LogP contribution >= 0.6 is 11.8 Å². The zero-order valence-corrected chi connectivity index (χ0v) is 13.7. The number of amides is 1. The Bertz CT molecular complexity index is 839. The van der Waals surface area contributed by atoms with Crippen LogP contribution in [0.15, 0.2) is 72.1 Å². The van der Waals surface area contributed by atoms with Gasteiger partial charge in [-0.2, -0.15) is 0 Å². The van der Waals surface area contributed by atoms with Crippen LogP contribution in [0.4, 0.5) is 11.4 Å². The van der Waals surface area contributed by atoms with Gasteiger partial charge >= 0.3 is 0 Å². The largest absolute Gasteiger partial charge is 0.398 e. The van der Waals surface area contributed by atoms with Gasteiger partial charge < -0.3 is 11.1 Å². The van der Waals surface area contributed by atoms with Gasteiger partial charge in [0.1, 0.15) is 5.03 Å². The monoisotopic (exact) mass is 336 g/mol. The zero-order valence-electron chi connectivity index (χ0n) is 12.8. The number of anilines is 2. The smallest absolute Gasteiger partial charge is 0.258 e. The number of carbonyl (C=O) groups excluding carboxylic acids is 1. The summed E-state index contributed by atoms with van der Waals surface area (Å²) in [5.74, 6) is 0.456. The van der Waals surface area contributed by atoms with Crippen LogP contribution < -0.4 is 11.1 Å². The number of benzene rings is 1.